The van der Waals surface area contributed by atoms with Gasteiger partial charge in [-0.25, -0.2) is 8.78 Å². The minimum absolute atomic E-state index is 0.0619. The van der Waals surface area contributed by atoms with Gasteiger partial charge in [0.2, 0.25) is 0 Å². The fourth-order valence-electron chi connectivity index (χ4n) is 1.14. The van der Waals surface area contributed by atoms with Crippen molar-refractivity contribution < 1.29 is 26.7 Å². The van der Waals surface area contributed by atoms with Crippen LogP contribution in [-0.2, 0) is 5.33 Å². The number of hydrogen-bond acceptors (Lipinski definition) is 3. The second-order valence-corrected chi connectivity index (χ2v) is 3.52. The minimum atomic E-state index is -5.17. The van der Waals surface area contributed by atoms with E-state index in [0.29, 0.717) is 6.20 Å². The first-order valence-electron chi connectivity index (χ1n) is 4.32. The number of rotatable bonds is 3. The molecular formula is C9H4BrF5N2O. The number of nitrogens with zero attached hydrogens (tertiary/aromatic N) is 2. The van der Waals surface area contributed by atoms with Gasteiger partial charge in [0.05, 0.1) is 11.3 Å². The van der Waals surface area contributed by atoms with Crippen LogP contribution in [0.5, 0.6) is 5.75 Å². The Morgan fingerprint density at radius 1 is 1.44 bits per heavy atom. The highest BCUT2D eigenvalue weighted by Gasteiger charge is 2.35. The summed E-state index contributed by atoms with van der Waals surface area (Å²) in [6.07, 6.45) is -7.84. The van der Waals surface area contributed by atoms with E-state index in [9.17, 15) is 22.0 Å². The molecule has 1 heterocycles. The molecule has 0 N–H and O–H groups in total. The third-order valence-corrected chi connectivity index (χ3v) is 2.36. The first-order chi connectivity index (χ1) is 8.30. The van der Waals surface area contributed by atoms with Crippen LogP contribution in [-0.4, -0.2) is 11.3 Å². The van der Waals surface area contributed by atoms with Gasteiger partial charge in [-0.1, -0.05) is 15.9 Å². The number of halogens is 6. The zero-order chi connectivity index (χ0) is 13.9. The van der Waals surface area contributed by atoms with Gasteiger partial charge in [0.1, 0.15) is 11.6 Å². The van der Waals surface area contributed by atoms with E-state index < -0.39 is 29.7 Å². The molecule has 0 amide bonds. The highest BCUT2D eigenvalue weighted by Crippen LogP contribution is 2.36. The van der Waals surface area contributed by atoms with Crippen LogP contribution in [0.2, 0.25) is 0 Å². The van der Waals surface area contributed by atoms with E-state index in [1.54, 1.807) is 0 Å². The third-order valence-electron chi connectivity index (χ3n) is 1.83. The second-order valence-electron chi connectivity index (χ2n) is 2.96. The molecule has 0 radical (unpaired) electrons. The van der Waals surface area contributed by atoms with Crippen LogP contribution in [0.1, 0.15) is 23.2 Å². The van der Waals surface area contributed by atoms with Gasteiger partial charge < -0.3 is 4.74 Å². The zero-order valence-corrected chi connectivity index (χ0v) is 10.0. The van der Waals surface area contributed by atoms with Crippen molar-refractivity contribution in [3.63, 3.8) is 0 Å². The van der Waals surface area contributed by atoms with Crippen molar-refractivity contribution in [3.8, 4) is 11.8 Å². The summed E-state index contributed by atoms with van der Waals surface area (Å²) in [6.45, 7) is 0. The summed E-state index contributed by atoms with van der Waals surface area (Å²) < 4.78 is 65.0. The van der Waals surface area contributed by atoms with Crippen LogP contribution >= 0.6 is 15.9 Å². The maximum absolute atomic E-state index is 12.5. The zero-order valence-electron chi connectivity index (χ0n) is 8.43. The van der Waals surface area contributed by atoms with Crippen LogP contribution < -0.4 is 4.74 Å². The summed E-state index contributed by atoms with van der Waals surface area (Å²) in [7, 11) is 0. The van der Waals surface area contributed by atoms with Gasteiger partial charge in [0.15, 0.2) is 5.75 Å². The van der Waals surface area contributed by atoms with Gasteiger partial charge in [0, 0.05) is 11.5 Å². The highest BCUT2D eigenvalue weighted by molar-refractivity contribution is 9.08. The molecule has 0 aliphatic carbocycles. The van der Waals surface area contributed by atoms with E-state index in [2.05, 4.69) is 25.7 Å². The summed E-state index contributed by atoms with van der Waals surface area (Å²) in [5, 5.41) is 8.67. The smallest absolute Gasteiger partial charge is 0.404 e. The Hall–Kier alpha value is -1.43. The van der Waals surface area contributed by atoms with Crippen molar-refractivity contribution in [2.24, 2.45) is 0 Å². The van der Waals surface area contributed by atoms with E-state index in [1.807, 2.05) is 0 Å². The quantitative estimate of drug-likeness (QED) is 0.627. The molecule has 0 aromatic carbocycles. The van der Waals surface area contributed by atoms with Gasteiger partial charge in [-0.2, -0.15) is 5.26 Å². The SMILES string of the molecule is N#Cc1c(CBr)ncc(C(F)F)c1OC(F)(F)F. The Kier molecular flexibility index (Phi) is 4.45. The molecule has 0 fully saturated rings. The van der Waals surface area contributed by atoms with Crippen LogP contribution in [0.3, 0.4) is 0 Å². The summed E-state index contributed by atoms with van der Waals surface area (Å²) >= 11 is 2.89. The standard InChI is InChI=1S/C9H4BrF5N2O/c10-1-6-4(2-16)7(18-9(13,14)15)5(3-17-6)8(11)12/h3,8H,1H2. The Balaban J connectivity index is 3.45. The molecule has 1 aromatic heterocycles. The Morgan fingerprint density at radius 3 is 2.44 bits per heavy atom. The molecule has 3 nitrogen and oxygen atoms in total. The molecule has 9 heteroatoms. The van der Waals surface area contributed by atoms with Crippen molar-refractivity contribution >= 4 is 15.9 Å². The van der Waals surface area contributed by atoms with Crippen molar-refractivity contribution in [2.75, 3.05) is 0 Å². The van der Waals surface area contributed by atoms with Gasteiger partial charge in [-0.15, -0.1) is 13.2 Å². The number of nitriles is 1. The van der Waals surface area contributed by atoms with Gasteiger partial charge in [-0.3, -0.25) is 4.98 Å². The molecule has 98 valence electrons. The summed E-state index contributed by atoms with van der Waals surface area (Å²) in [4.78, 5) is 3.48. The monoisotopic (exact) mass is 330 g/mol. The van der Waals surface area contributed by atoms with E-state index in [1.165, 1.54) is 6.07 Å². The first-order valence-corrected chi connectivity index (χ1v) is 5.44. The normalized spacial score (nSPS) is 11.4. The minimum Gasteiger partial charge on any atom is -0.404 e. The molecule has 0 bridgehead atoms. The van der Waals surface area contributed by atoms with Gasteiger partial charge in [0.25, 0.3) is 6.43 Å². The van der Waals surface area contributed by atoms with Crippen LogP contribution in [0.25, 0.3) is 0 Å². The molecule has 0 aliphatic rings. The lowest BCUT2D eigenvalue weighted by molar-refractivity contribution is -0.275. The van der Waals surface area contributed by atoms with E-state index in [4.69, 9.17) is 5.26 Å². The number of hydrogen-bond donors (Lipinski definition) is 0. The first kappa shape index (κ1) is 14.6. The number of ether oxygens (including phenoxy) is 1. The molecule has 0 spiro atoms. The number of alkyl halides is 6. The molecule has 0 aliphatic heterocycles. The predicted molar refractivity (Wildman–Crippen MR) is 53.2 cm³/mol. The lowest BCUT2D eigenvalue weighted by Crippen LogP contribution is -2.20. The molecule has 0 saturated heterocycles. The average molecular weight is 331 g/mol. The van der Waals surface area contributed by atoms with Crippen molar-refractivity contribution in [2.45, 2.75) is 18.1 Å². The van der Waals surface area contributed by atoms with E-state index >= 15 is 0 Å². The Labute approximate surface area is 106 Å². The van der Waals surface area contributed by atoms with Crippen LogP contribution in [0.15, 0.2) is 6.20 Å². The van der Waals surface area contributed by atoms with E-state index in [0.717, 1.165) is 0 Å². The summed E-state index contributed by atoms with van der Waals surface area (Å²) in [6, 6.07) is 1.38. The highest BCUT2D eigenvalue weighted by atomic mass is 79.9. The summed E-state index contributed by atoms with van der Waals surface area (Å²) in [5.41, 5.74) is -1.85. The fraction of sp³-hybridized carbons (Fsp3) is 0.333. The molecule has 0 unspecified atom stereocenters. The van der Waals surface area contributed by atoms with Crippen molar-refractivity contribution in [1.82, 2.24) is 4.98 Å². The summed E-state index contributed by atoms with van der Waals surface area (Å²) in [5.74, 6) is -1.20. The maximum atomic E-state index is 12.5. The Morgan fingerprint density at radius 2 is 2.06 bits per heavy atom. The van der Waals surface area contributed by atoms with Gasteiger partial charge >= 0.3 is 6.36 Å². The van der Waals surface area contributed by atoms with Crippen LogP contribution in [0, 0.1) is 11.3 Å². The topological polar surface area (TPSA) is 45.9 Å². The predicted octanol–water partition coefficient (Wildman–Crippen LogP) is 3.68. The van der Waals surface area contributed by atoms with Crippen molar-refractivity contribution in [3.05, 3.63) is 23.0 Å². The van der Waals surface area contributed by atoms with Crippen LogP contribution in [0.4, 0.5) is 22.0 Å². The molecule has 1 aromatic rings. The molecule has 0 saturated carbocycles. The van der Waals surface area contributed by atoms with Gasteiger partial charge in [-0.05, 0) is 0 Å². The number of pyridine rings is 1. The molecular weight excluding hydrogens is 327 g/mol. The number of aromatic nitrogens is 1. The fourth-order valence-corrected chi connectivity index (χ4v) is 1.57. The Bertz CT molecular complexity index is 483. The maximum Gasteiger partial charge on any atom is 0.573 e. The van der Waals surface area contributed by atoms with E-state index in [-0.39, 0.29) is 11.0 Å². The second kappa shape index (κ2) is 5.48. The molecule has 18 heavy (non-hydrogen) atoms. The molecule has 1 rings (SSSR count). The third kappa shape index (κ3) is 3.29. The average Bonchev–Trinajstić information content (AvgIpc) is 2.25. The lowest BCUT2D eigenvalue weighted by atomic mass is 10.1. The molecule has 0 atom stereocenters. The van der Waals surface area contributed by atoms with Crippen molar-refractivity contribution in [1.29, 1.82) is 5.26 Å². The lowest BCUT2D eigenvalue weighted by Gasteiger charge is -2.15. The largest absolute Gasteiger partial charge is 0.573 e.